The predicted molar refractivity (Wildman–Crippen MR) is 80.7 cm³/mol. The fourth-order valence-corrected chi connectivity index (χ4v) is 3.99. The number of halogens is 1. The van der Waals surface area contributed by atoms with Gasteiger partial charge < -0.3 is 5.73 Å². The summed E-state index contributed by atoms with van der Waals surface area (Å²) in [7, 11) is 0. The normalized spacial score (nSPS) is 23.5. The van der Waals surface area contributed by atoms with Crippen molar-refractivity contribution in [3.8, 4) is 0 Å². The Morgan fingerprint density at radius 3 is 2.77 bits per heavy atom. The van der Waals surface area contributed by atoms with Crippen molar-refractivity contribution < 1.29 is 14.1 Å². The Morgan fingerprint density at radius 1 is 1.50 bits per heavy atom. The van der Waals surface area contributed by atoms with Gasteiger partial charge in [0, 0.05) is 17.4 Å². The van der Waals surface area contributed by atoms with Crippen molar-refractivity contribution in [3.63, 3.8) is 0 Å². The number of nitrogens with zero attached hydrogens (tertiary/aromatic N) is 1. The van der Waals surface area contributed by atoms with Gasteiger partial charge >= 0.3 is 0 Å². The van der Waals surface area contributed by atoms with Gasteiger partial charge in [0.25, 0.3) is 5.69 Å². The number of fused-ring (bicyclic) bond motifs is 3. The van der Waals surface area contributed by atoms with Gasteiger partial charge in [-0.25, -0.2) is 4.39 Å². The van der Waals surface area contributed by atoms with E-state index in [-0.39, 0.29) is 16.9 Å². The van der Waals surface area contributed by atoms with E-state index in [0.29, 0.717) is 36.0 Å². The Morgan fingerprint density at radius 2 is 2.18 bits per heavy atom. The van der Waals surface area contributed by atoms with Gasteiger partial charge in [-0.2, -0.15) is 0 Å². The van der Waals surface area contributed by atoms with Crippen LogP contribution in [0.2, 0.25) is 0 Å². The molecule has 0 fully saturated rings. The fraction of sp³-hybridized carbons (Fsp3) is 0.438. The van der Waals surface area contributed by atoms with Gasteiger partial charge in [0.1, 0.15) is 5.69 Å². The van der Waals surface area contributed by atoms with E-state index in [1.165, 1.54) is 6.07 Å². The lowest BCUT2D eigenvalue weighted by atomic mass is 9.68. The number of allylic oxidation sites excluding steroid dienone is 2. The second kappa shape index (κ2) is 4.63. The summed E-state index contributed by atoms with van der Waals surface area (Å²) in [6.45, 7) is 3.73. The molecule has 0 heterocycles. The Kier molecular flexibility index (Phi) is 3.09. The van der Waals surface area contributed by atoms with Crippen LogP contribution in [-0.4, -0.2) is 10.7 Å². The number of anilines is 1. The quantitative estimate of drug-likeness (QED) is 0.515. The second-order valence-corrected chi connectivity index (χ2v) is 6.14. The molecule has 3 rings (SSSR count). The molecule has 1 aromatic rings. The lowest BCUT2D eigenvalue weighted by Crippen LogP contribution is -2.27. The summed E-state index contributed by atoms with van der Waals surface area (Å²) < 4.78 is 14.1. The van der Waals surface area contributed by atoms with E-state index in [4.69, 9.17) is 5.73 Å². The first kappa shape index (κ1) is 14.7. The van der Waals surface area contributed by atoms with E-state index in [1.807, 2.05) is 6.92 Å². The third-order valence-corrected chi connectivity index (χ3v) is 5.19. The molecule has 5 nitrogen and oxygen atoms in total. The van der Waals surface area contributed by atoms with Gasteiger partial charge in [-0.15, -0.1) is 0 Å². The number of carbonyl (C=O) groups excluding carboxylic acids is 1. The van der Waals surface area contributed by atoms with Crippen molar-refractivity contribution in [2.75, 3.05) is 5.73 Å². The maximum Gasteiger partial charge on any atom is 0.298 e. The van der Waals surface area contributed by atoms with E-state index in [9.17, 15) is 19.3 Å². The van der Waals surface area contributed by atoms with Crippen LogP contribution in [0.4, 0.5) is 15.8 Å². The number of hydrogen-bond donors (Lipinski definition) is 1. The van der Waals surface area contributed by atoms with Crippen LogP contribution in [0.1, 0.15) is 44.2 Å². The van der Waals surface area contributed by atoms with Gasteiger partial charge in [0.15, 0.2) is 11.6 Å². The van der Waals surface area contributed by atoms with Crippen LogP contribution >= 0.6 is 0 Å². The molecule has 0 radical (unpaired) electrons. The van der Waals surface area contributed by atoms with Gasteiger partial charge in [0.2, 0.25) is 0 Å². The van der Waals surface area contributed by atoms with E-state index < -0.39 is 16.4 Å². The van der Waals surface area contributed by atoms with Gasteiger partial charge in [-0.05, 0) is 49.0 Å². The Labute approximate surface area is 127 Å². The van der Waals surface area contributed by atoms with E-state index in [0.717, 1.165) is 12.0 Å². The van der Waals surface area contributed by atoms with Crippen LogP contribution in [0.3, 0.4) is 0 Å². The monoisotopic (exact) mass is 304 g/mol. The minimum absolute atomic E-state index is 0.0341. The number of nitro benzene ring substituents is 1. The second-order valence-electron chi connectivity index (χ2n) is 6.14. The van der Waals surface area contributed by atoms with Gasteiger partial charge in [0.05, 0.1) is 4.92 Å². The summed E-state index contributed by atoms with van der Waals surface area (Å²) >= 11 is 0. The lowest BCUT2D eigenvalue weighted by Gasteiger charge is -2.34. The summed E-state index contributed by atoms with van der Waals surface area (Å²) in [5, 5.41) is 11.4. The minimum atomic E-state index is -0.796. The molecule has 2 aliphatic carbocycles. The Hall–Kier alpha value is -2.24. The van der Waals surface area contributed by atoms with E-state index in [2.05, 4.69) is 0 Å². The third kappa shape index (κ3) is 1.73. The summed E-state index contributed by atoms with van der Waals surface area (Å²) in [4.78, 5) is 22.8. The maximum atomic E-state index is 14.1. The standard InChI is InChI=1S/C16H17FN2O3/c1-3-16-5-4-12(20)8(2)13(16)9-6-11(17)14(18)15(19(21)22)10(9)7-16/h6H,3-5,7,18H2,1-2H3. The summed E-state index contributed by atoms with van der Waals surface area (Å²) in [5.41, 5.74) is 6.86. The number of nitrogens with two attached hydrogens (primary N) is 1. The highest BCUT2D eigenvalue weighted by Crippen LogP contribution is 2.58. The van der Waals surface area contributed by atoms with Crippen LogP contribution in [0.15, 0.2) is 11.6 Å². The zero-order chi connectivity index (χ0) is 16.2. The Balaban J connectivity index is 2.38. The van der Waals surface area contributed by atoms with Gasteiger partial charge in [-0.3, -0.25) is 14.9 Å². The largest absolute Gasteiger partial charge is 0.391 e. The number of nitro groups is 1. The number of rotatable bonds is 2. The maximum absolute atomic E-state index is 14.1. The first-order valence-corrected chi connectivity index (χ1v) is 7.32. The highest BCUT2D eigenvalue weighted by atomic mass is 19.1. The van der Waals surface area contributed by atoms with Crippen molar-refractivity contribution in [1.29, 1.82) is 0 Å². The average Bonchev–Trinajstić information content (AvgIpc) is 2.79. The number of Topliss-reactive ketones (excluding diaryl/α,β-unsaturated/α-hetero) is 1. The smallest absolute Gasteiger partial charge is 0.298 e. The number of ketones is 1. The van der Waals surface area contributed by atoms with E-state index >= 15 is 0 Å². The number of carbonyl (C=O) groups is 1. The molecule has 0 aromatic heterocycles. The first-order valence-electron chi connectivity index (χ1n) is 7.32. The summed E-state index contributed by atoms with van der Waals surface area (Å²) in [6.07, 6.45) is 2.27. The molecule has 0 bridgehead atoms. The molecule has 0 spiro atoms. The highest BCUT2D eigenvalue weighted by Gasteiger charge is 2.48. The number of hydrogen-bond acceptors (Lipinski definition) is 4. The van der Waals surface area contributed by atoms with Gasteiger partial charge in [-0.1, -0.05) is 6.92 Å². The molecule has 0 amide bonds. The molecular formula is C16H17FN2O3. The van der Waals surface area contributed by atoms with Crippen LogP contribution in [-0.2, 0) is 11.2 Å². The number of benzene rings is 1. The molecule has 0 saturated carbocycles. The zero-order valence-electron chi connectivity index (χ0n) is 12.5. The third-order valence-electron chi connectivity index (χ3n) is 5.19. The molecule has 2 N–H and O–H groups in total. The lowest BCUT2D eigenvalue weighted by molar-refractivity contribution is -0.384. The minimum Gasteiger partial charge on any atom is -0.391 e. The van der Waals surface area contributed by atoms with Crippen LogP contribution in [0.5, 0.6) is 0 Å². The van der Waals surface area contributed by atoms with Crippen LogP contribution in [0, 0.1) is 21.3 Å². The average molecular weight is 304 g/mol. The van der Waals surface area contributed by atoms with Crippen molar-refractivity contribution in [2.24, 2.45) is 5.41 Å². The van der Waals surface area contributed by atoms with E-state index in [1.54, 1.807) is 6.92 Å². The van der Waals surface area contributed by atoms with Crippen molar-refractivity contribution in [3.05, 3.63) is 38.7 Å². The fourth-order valence-electron chi connectivity index (χ4n) is 3.99. The molecule has 6 heteroatoms. The molecule has 0 saturated heterocycles. The SMILES string of the molecule is CCC12CCC(=O)C(C)=C1c1cc(F)c(N)c([N+](=O)[O-])c1C2. The first-order chi connectivity index (χ1) is 10.3. The van der Waals surface area contributed by atoms with Crippen molar-refractivity contribution in [2.45, 2.75) is 39.5 Å². The topological polar surface area (TPSA) is 86.2 Å². The summed E-state index contributed by atoms with van der Waals surface area (Å²) in [5.74, 6) is -0.762. The predicted octanol–water partition coefficient (Wildman–Crippen LogP) is 3.41. The molecule has 1 atom stereocenters. The van der Waals surface area contributed by atoms with Crippen molar-refractivity contribution in [1.82, 2.24) is 0 Å². The number of nitrogen functional groups attached to an aromatic ring is 1. The molecule has 1 aromatic carbocycles. The Bertz CT molecular complexity index is 754. The molecule has 2 aliphatic rings. The molecule has 22 heavy (non-hydrogen) atoms. The zero-order valence-corrected chi connectivity index (χ0v) is 12.5. The van der Waals surface area contributed by atoms with Crippen LogP contribution in [0.25, 0.3) is 5.57 Å². The molecule has 116 valence electrons. The highest BCUT2D eigenvalue weighted by molar-refractivity contribution is 6.06. The molecule has 0 aliphatic heterocycles. The van der Waals surface area contributed by atoms with Crippen molar-refractivity contribution >= 4 is 22.7 Å². The molecular weight excluding hydrogens is 287 g/mol. The van der Waals surface area contributed by atoms with Crippen LogP contribution < -0.4 is 5.73 Å². The summed E-state index contributed by atoms with van der Waals surface area (Å²) in [6, 6.07) is 1.26. The molecule has 1 unspecified atom stereocenters.